The number of esters is 1. The number of carbonyl (C=O) groups is 1. The maximum atomic E-state index is 13.1. The number of rotatable bonds is 6. The Bertz CT molecular complexity index is 1190. The molecule has 0 radical (unpaired) electrons. The molecule has 0 N–H and O–H groups in total. The van der Waals surface area contributed by atoms with Crippen molar-refractivity contribution in [2.45, 2.75) is 31.3 Å². The van der Waals surface area contributed by atoms with E-state index in [2.05, 4.69) is 10.1 Å². The van der Waals surface area contributed by atoms with Gasteiger partial charge in [-0.15, -0.1) is 0 Å². The Kier molecular flexibility index (Phi) is 6.33. The van der Waals surface area contributed by atoms with Gasteiger partial charge in [0, 0.05) is 18.7 Å². The number of hydrogen-bond acceptors (Lipinski definition) is 7. The van der Waals surface area contributed by atoms with Crippen molar-refractivity contribution in [3.63, 3.8) is 0 Å². The van der Waals surface area contributed by atoms with E-state index in [-0.39, 0.29) is 30.4 Å². The van der Waals surface area contributed by atoms with Crippen molar-refractivity contribution in [3.8, 4) is 11.5 Å². The summed E-state index contributed by atoms with van der Waals surface area (Å²) in [6.45, 7) is 2.21. The number of aryl methyl sites for hydroxylation is 1. The average Bonchev–Trinajstić information content (AvgIpc) is 3.27. The second-order valence-corrected chi connectivity index (χ2v) is 9.56. The minimum absolute atomic E-state index is 0.0291. The predicted octanol–water partition coefficient (Wildman–Crippen LogP) is 3.33. The summed E-state index contributed by atoms with van der Waals surface area (Å²) in [5.74, 6) is -0.748. The number of benzene rings is 2. The molecule has 0 saturated carbocycles. The lowest BCUT2D eigenvalue weighted by Crippen LogP contribution is -2.40. The summed E-state index contributed by atoms with van der Waals surface area (Å²) in [6.07, 6.45) is 0.667. The molecule has 32 heavy (non-hydrogen) atoms. The summed E-state index contributed by atoms with van der Waals surface area (Å²) < 4.78 is 50.3. The minimum Gasteiger partial charge on any atom is -0.457 e. The van der Waals surface area contributed by atoms with E-state index in [1.54, 1.807) is 0 Å². The van der Waals surface area contributed by atoms with Crippen LogP contribution in [0.2, 0.25) is 0 Å². The van der Waals surface area contributed by atoms with Crippen molar-refractivity contribution in [1.82, 2.24) is 14.4 Å². The summed E-state index contributed by atoms with van der Waals surface area (Å²) in [4.78, 5) is 16.7. The number of piperidine rings is 1. The molecule has 2 heterocycles. The number of halogens is 1. The zero-order valence-corrected chi connectivity index (χ0v) is 18.2. The minimum atomic E-state index is -3.73. The molecule has 0 amide bonds. The highest BCUT2D eigenvalue weighted by Crippen LogP contribution is 2.25. The van der Waals surface area contributed by atoms with E-state index in [9.17, 15) is 17.6 Å². The van der Waals surface area contributed by atoms with Crippen LogP contribution in [0, 0.1) is 18.7 Å². The third kappa shape index (κ3) is 4.86. The van der Waals surface area contributed by atoms with Gasteiger partial charge < -0.3 is 9.26 Å². The standard InChI is InChI=1S/C22H22FN3O5S/c1-15-2-4-16(5-3-15)21-24-20(25-31-21)14-30-22(27)17-10-12-26(13-11-17)32(28,29)19-8-6-18(23)7-9-19/h2-9,17H,10-14H2,1H3. The zero-order valence-electron chi connectivity index (χ0n) is 17.4. The van der Waals surface area contributed by atoms with Crippen LogP contribution in [0.5, 0.6) is 0 Å². The molecule has 1 fully saturated rings. The van der Waals surface area contributed by atoms with Crippen LogP contribution in [0.1, 0.15) is 24.2 Å². The van der Waals surface area contributed by atoms with Gasteiger partial charge in [-0.2, -0.15) is 9.29 Å². The highest BCUT2D eigenvalue weighted by atomic mass is 32.2. The first kappa shape index (κ1) is 22.1. The van der Waals surface area contributed by atoms with Crippen LogP contribution in [0.15, 0.2) is 57.9 Å². The Labute approximate surface area is 185 Å². The van der Waals surface area contributed by atoms with Gasteiger partial charge in [0.25, 0.3) is 5.89 Å². The molecule has 1 saturated heterocycles. The number of hydrogen-bond donors (Lipinski definition) is 0. The summed E-state index contributed by atoms with van der Waals surface area (Å²) in [5, 5.41) is 3.84. The molecule has 2 aromatic carbocycles. The summed E-state index contributed by atoms with van der Waals surface area (Å²) >= 11 is 0. The SMILES string of the molecule is Cc1ccc(-c2nc(COC(=O)C3CCN(S(=O)(=O)c4ccc(F)cc4)CC3)no2)cc1. The molecule has 3 aromatic rings. The fourth-order valence-corrected chi connectivity index (χ4v) is 4.94. The molecule has 0 aliphatic carbocycles. The van der Waals surface area contributed by atoms with Gasteiger partial charge in [0.1, 0.15) is 5.82 Å². The van der Waals surface area contributed by atoms with Gasteiger partial charge in [-0.05, 0) is 56.2 Å². The van der Waals surface area contributed by atoms with E-state index in [4.69, 9.17) is 9.26 Å². The van der Waals surface area contributed by atoms with Gasteiger partial charge in [0.05, 0.1) is 10.8 Å². The quantitative estimate of drug-likeness (QED) is 0.521. The average molecular weight is 459 g/mol. The Hall–Kier alpha value is -3.11. The largest absolute Gasteiger partial charge is 0.457 e. The molecular weight excluding hydrogens is 437 g/mol. The van der Waals surface area contributed by atoms with E-state index in [0.29, 0.717) is 18.7 Å². The maximum Gasteiger partial charge on any atom is 0.309 e. The first-order chi connectivity index (χ1) is 15.3. The third-order valence-electron chi connectivity index (χ3n) is 5.35. The van der Waals surface area contributed by atoms with Crippen LogP contribution < -0.4 is 0 Å². The Morgan fingerprint density at radius 3 is 2.44 bits per heavy atom. The molecule has 0 unspecified atom stereocenters. The fraction of sp³-hybridized carbons (Fsp3) is 0.318. The molecule has 0 atom stereocenters. The van der Waals surface area contributed by atoms with Gasteiger partial charge in [0.15, 0.2) is 6.61 Å². The van der Waals surface area contributed by atoms with Gasteiger partial charge in [-0.3, -0.25) is 4.79 Å². The zero-order chi connectivity index (χ0) is 22.7. The number of sulfonamides is 1. The first-order valence-electron chi connectivity index (χ1n) is 10.1. The van der Waals surface area contributed by atoms with Crippen molar-refractivity contribution in [2.24, 2.45) is 5.92 Å². The molecule has 8 nitrogen and oxygen atoms in total. The molecule has 4 rings (SSSR count). The molecule has 0 bridgehead atoms. The highest BCUT2D eigenvalue weighted by molar-refractivity contribution is 7.89. The van der Waals surface area contributed by atoms with Crippen molar-refractivity contribution >= 4 is 16.0 Å². The van der Waals surface area contributed by atoms with E-state index >= 15 is 0 Å². The summed E-state index contributed by atoms with van der Waals surface area (Å²) in [6, 6.07) is 12.3. The lowest BCUT2D eigenvalue weighted by molar-refractivity contribution is -0.151. The van der Waals surface area contributed by atoms with Crippen LogP contribution in [-0.2, 0) is 26.2 Å². The molecule has 1 aliphatic rings. The summed E-state index contributed by atoms with van der Waals surface area (Å²) in [7, 11) is -3.73. The Morgan fingerprint density at radius 2 is 1.78 bits per heavy atom. The van der Waals surface area contributed by atoms with Crippen molar-refractivity contribution in [3.05, 3.63) is 65.7 Å². The van der Waals surface area contributed by atoms with Gasteiger partial charge in [-0.1, -0.05) is 22.9 Å². The van der Waals surface area contributed by atoms with Crippen LogP contribution in [-0.4, -0.2) is 41.9 Å². The van der Waals surface area contributed by atoms with Gasteiger partial charge in [-0.25, -0.2) is 12.8 Å². The van der Waals surface area contributed by atoms with Crippen LogP contribution in [0.25, 0.3) is 11.5 Å². The van der Waals surface area contributed by atoms with E-state index in [1.165, 1.54) is 16.4 Å². The lowest BCUT2D eigenvalue weighted by atomic mass is 9.98. The topological polar surface area (TPSA) is 103 Å². The number of ether oxygens (including phenoxy) is 1. The normalized spacial score (nSPS) is 15.6. The Morgan fingerprint density at radius 1 is 1.12 bits per heavy atom. The van der Waals surface area contributed by atoms with Crippen molar-refractivity contribution in [2.75, 3.05) is 13.1 Å². The molecule has 0 spiro atoms. The number of carbonyl (C=O) groups excluding carboxylic acids is 1. The molecule has 168 valence electrons. The molecule has 10 heteroatoms. The van der Waals surface area contributed by atoms with Gasteiger partial charge in [0.2, 0.25) is 15.8 Å². The monoisotopic (exact) mass is 459 g/mol. The maximum absolute atomic E-state index is 13.1. The lowest BCUT2D eigenvalue weighted by Gasteiger charge is -2.30. The van der Waals surface area contributed by atoms with Crippen LogP contribution in [0.4, 0.5) is 4.39 Å². The van der Waals surface area contributed by atoms with E-state index < -0.39 is 27.7 Å². The second kappa shape index (κ2) is 9.17. The molecular formula is C22H22FN3O5S. The number of nitrogens with zero attached hydrogens (tertiary/aromatic N) is 3. The van der Waals surface area contributed by atoms with Crippen LogP contribution >= 0.6 is 0 Å². The first-order valence-corrected chi connectivity index (χ1v) is 11.6. The Balaban J connectivity index is 1.29. The smallest absolute Gasteiger partial charge is 0.309 e. The van der Waals surface area contributed by atoms with E-state index in [1.807, 2.05) is 31.2 Å². The van der Waals surface area contributed by atoms with Crippen molar-refractivity contribution < 1.29 is 26.9 Å². The van der Waals surface area contributed by atoms with Crippen LogP contribution in [0.3, 0.4) is 0 Å². The fourth-order valence-electron chi connectivity index (χ4n) is 3.47. The predicted molar refractivity (Wildman–Crippen MR) is 112 cm³/mol. The van der Waals surface area contributed by atoms with Crippen molar-refractivity contribution in [1.29, 1.82) is 0 Å². The van der Waals surface area contributed by atoms with Gasteiger partial charge >= 0.3 is 5.97 Å². The van der Waals surface area contributed by atoms with E-state index in [0.717, 1.165) is 23.3 Å². The molecule has 1 aromatic heterocycles. The third-order valence-corrected chi connectivity index (χ3v) is 7.26. The second-order valence-electron chi connectivity index (χ2n) is 7.62. The number of aromatic nitrogens is 2. The summed E-state index contributed by atoms with van der Waals surface area (Å²) in [5.41, 5.74) is 1.88. The molecule has 1 aliphatic heterocycles. The highest BCUT2D eigenvalue weighted by Gasteiger charge is 2.33.